The number of hydrogen-bond acceptors (Lipinski definition) is 5. The number of thiazole rings is 1. The van der Waals surface area contributed by atoms with Gasteiger partial charge in [-0.2, -0.15) is 0 Å². The van der Waals surface area contributed by atoms with E-state index in [-0.39, 0.29) is 23.1 Å². The van der Waals surface area contributed by atoms with Crippen molar-refractivity contribution in [2.24, 2.45) is 0 Å². The first-order valence-electron chi connectivity index (χ1n) is 6.41. The number of esters is 1. The molecule has 0 atom stereocenters. The fourth-order valence-electron chi connectivity index (χ4n) is 1.66. The molecule has 1 heterocycles. The third-order valence-electron chi connectivity index (χ3n) is 2.64. The minimum Gasteiger partial charge on any atom is -0.466 e. The van der Waals surface area contributed by atoms with Crippen molar-refractivity contribution in [3.05, 3.63) is 40.1 Å². The first-order chi connectivity index (χ1) is 10.1. The van der Waals surface area contributed by atoms with Crippen LogP contribution in [0.4, 0.5) is 15.2 Å². The van der Waals surface area contributed by atoms with Crippen LogP contribution in [0.2, 0.25) is 5.02 Å². The molecule has 2 rings (SSSR count). The molecule has 7 heteroatoms. The van der Waals surface area contributed by atoms with Gasteiger partial charge in [0.2, 0.25) is 0 Å². The molecule has 0 unspecified atom stereocenters. The summed E-state index contributed by atoms with van der Waals surface area (Å²) in [6.07, 6.45) is 0.775. The van der Waals surface area contributed by atoms with Gasteiger partial charge < -0.3 is 10.1 Å². The van der Waals surface area contributed by atoms with Crippen molar-refractivity contribution >= 4 is 39.7 Å². The Morgan fingerprint density at radius 2 is 2.33 bits per heavy atom. The van der Waals surface area contributed by atoms with Crippen LogP contribution < -0.4 is 5.32 Å². The van der Waals surface area contributed by atoms with Crippen molar-refractivity contribution in [1.29, 1.82) is 0 Å². The molecule has 0 aliphatic carbocycles. The van der Waals surface area contributed by atoms with Crippen LogP contribution >= 0.6 is 22.9 Å². The summed E-state index contributed by atoms with van der Waals surface area (Å²) in [6, 6.07) is 4.72. The lowest BCUT2D eigenvalue weighted by Gasteiger charge is -2.04. The van der Waals surface area contributed by atoms with E-state index >= 15 is 0 Å². The van der Waals surface area contributed by atoms with Gasteiger partial charge in [-0.05, 0) is 19.1 Å². The molecular formula is C14H14ClFN2O2S. The molecule has 1 aromatic carbocycles. The number of hydrogen-bond donors (Lipinski definition) is 1. The smallest absolute Gasteiger partial charge is 0.306 e. The molecule has 0 aliphatic rings. The molecule has 21 heavy (non-hydrogen) atoms. The zero-order valence-electron chi connectivity index (χ0n) is 11.4. The second kappa shape index (κ2) is 7.38. The maximum atomic E-state index is 13.8. The number of nitrogens with one attached hydrogen (secondary N) is 1. The van der Waals surface area contributed by atoms with Crippen molar-refractivity contribution in [3.8, 4) is 0 Å². The average molecular weight is 329 g/mol. The van der Waals surface area contributed by atoms with E-state index in [0.29, 0.717) is 18.2 Å². The first-order valence-corrected chi connectivity index (χ1v) is 7.67. The van der Waals surface area contributed by atoms with Gasteiger partial charge in [0, 0.05) is 11.8 Å². The van der Waals surface area contributed by atoms with E-state index in [2.05, 4.69) is 10.3 Å². The second-order valence-electron chi connectivity index (χ2n) is 4.18. The minimum atomic E-state index is -0.512. The summed E-state index contributed by atoms with van der Waals surface area (Å²) >= 11 is 7.06. The van der Waals surface area contributed by atoms with Gasteiger partial charge in [0.1, 0.15) is 0 Å². The Kier molecular flexibility index (Phi) is 5.52. The van der Waals surface area contributed by atoms with E-state index in [1.807, 2.05) is 5.38 Å². The maximum Gasteiger partial charge on any atom is 0.306 e. The summed E-state index contributed by atoms with van der Waals surface area (Å²) < 4.78 is 18.6. The number of anilines is 2. The van der Waals surface area contributed by atoms with Crippen LogP contribution in [-0.4, -0.2) is 17.6 Å². The number of aromatic nitrogens is 1. The highest BCUT2D eigenvalue weighted by molar-refractivity contribution is 7.13. The normalized spacial score (nSPS) is 10.4. The summed E-state index contributed by atoms with van der Waals surface area (Å²) in [5.74, 6) is -0.761. The number of halogens is 2. The van der Waals surface area contributed by atoms with Gasteiger partial charge in [0.15, 0.2) is 10.9 Å². The predicted octanol–water partition coefficient (Wildman–Crippen LogP) is 4.17. The Hall–Kier alpha value is -1.66. The highest BCUT2D eigenvalue weighted by Gasteiger charge is 2.10. The molecule has 2 aromatic rings. The number of carbonyl (C=O) groups is 1. The monoisotopic (exact) mass is 328 g/mol. The summed E-state index contributed by atoms with van der Waals surface area (Å²) in [7, 11) is 0. The number of aryl methyl sites for hydroxylation is 1. The lowest BCUT2D eigenvalue weighted by atomic mass is 10.2. The van der Waals surface area contributed by atoms with Gasteiger partial charge in [0.25, 0.3) is 0 Å². The van der Waals surface area contributed by atoms with E-state index < -0.39 is 5.82 Å². The molecule has 0 fully saturated rings. The molecule has 0 aliphatic heterocycles. The molecule has 0 saturated heterocycles. The third kappa shape index (κ3) is 4.41. The second-order valence-corrected chi connectivity index (χ2v) is 5.44. The van der Waals surface area contributed by atoms with Gasteiger partial charge in [-0.3, -0.25) is 4.79 Å². The van der Waals surface area contributed by atoms with Crippen molar-refractivity contribution in [2.75, 3.05) is 11.9 Å². The molecule has 0 radical (unpaired) electrons. The van der Waals surface area contributed by atoms with Crippen LogP contribution in [0.25, 0.3) is 0 Å². The third-order valence-corrected chi connectivity index (χ3v) is 3.73. The Bertz CT molecular complexity index is 633. The van der Waals surface area contributed by atoms with Crippen molar-refractivity contribution in [2.45, 2.75) is 19.8 Å². The van der Waals surface area contributed by atoms with Crippen molar-refractivity contribution < 1.29 is 13.9 Å². The Morgan fingerprint density at radius 3 is 3.10 bits per heavy atom. The van der Waals surface area contributed by atoms with Crippen molar-refractivity contribution in [1.82, 2.24) is 4.98 Å². The Morgan fingerprint density at radius 1 is 1.52 bits per heavy atom. The van der Waals surface area contributed by atoms with Gasteiger partial charge in [-0.15, -0.1) is 11.3 Å². The average Bonchev–Trinajstić information content (AvgIpc) is 2.90. The van der Waals surface area contributed by atoms with E-state index in [1.165, 1.54) is 17.4 Å². The number of nitrogens with zero attached hydrogens (tertiary/aromatic N) is 1. The predicted molar refractivity (Wildman–Crippen MR) is 81.8 cm³/mol. The van der Waals surface area contributed by atoms with Crippen LogP contribution in [-0.2, 0) is 16.0 Å². The van der Waals surface area contributed by atoms with Crippen LogP contribution in [0.15, 0.2) is 23.6 Å². The summed E-state index contributed by atoms with van der Waals surface area (Å²) in [5.41, 5.74) is 1.03. The van der Waals surface area contributed by atoms with Gasteiger partial charge in [-0.25, -0.2) is 9.37 Å². The Balaban J connectivity index is 1.97. The van der Waals surface area contributed by atoms with E-state index in [9.17, 15) is 9.18 Å². The zero-order valence-corrected chi connectivity index (χ0v) is 12.9. The highest BCUT2D eigenvalue weighted by atomic mass is 35.5. The van der Waals surface area contributed by atoms with E-state index in [0.717, 1.165) is 5.69 Å². The van der Waals surface area contributed by atoms with Gasteiger partial charge >= 0.3 is 5.97 Å². The SMILES string of the molecule is CCOC(=O)CCc1csc(Nc2cccc(Cl)c2F)n1. The van der Waals surface area contributed by atoms with Crippen LogP contribution in [0.3, 0.4) is 0 Å². The van der Waals surface area contributed by atoms with Crippen molar-refractivity contribution in [3.63, 3.8) is 0 Å². The van der Waals surface area contributed by atoms with E-state index in [4.69, 9.17) is 16.3 Å². The number of rotatable bonds is 6. The molecule has 0 bridgehead atoms. The number of ether oxygens (including phenoxy) is 1. The summed E-state index contributed by atoms with van der Waals surface area (Å²) in [4.78, 5) is 15.6. The Labute approximate surface area is 130 Å². The summed E-state index contributed by atoms with van der Waals surface area (Å²) in [5, 5.41) is 5.31. The standard InChI is InChI=1S/C14H14ClFN2O2S/c1-2-20-12(19)7-6-9-8-21-14(17-9)18-11-5-3-4-10(15)13(11)16/h3-5,8H,2,6-7H2,1H3,(H,17,18). The topological polar surface area (TPSA) is 51.2 Å². The maximum absolute atomic E-state index is 13.8. The van der Waals surface area contributed by atoms with Gasteiger partial charge in [0.05, 0.1) is 29.4 Å². The lowest BCUT2D eigenvalue weighted by molar-refractivity contribution is -0.143. The van der Waals surface area contributed by atoms with Crippen LogP contribution in [0.1, 0.15) is 19.0 Å². The molecule has 1 aromatic heterocycles. The number of benzene rings is 1. The number of carbonyl (C=O) groups excluding carboxylic acids is 1. The van der Waals surface area contributed by atoms with Crippen LogP contribution in [0.5, 0.6) is 0 Å². The largest absolute Gasteiger partial charge is 0.466 e. The fourth-order valence-corrected chi connectivity index (χ4v) is 2.59. The fraction of sp³-hybridized carbons (Fsp3) is 0.286. The zero-order chi connectivity index (χ0) is 15.2. The van der Waals surface area contributed by atoms with Gasteiger partial charge in [-0.1, -0.05) is 17.7 Å². The molecule has 0 spiro atoms. The molecule has 0 saturated carbocycles. The highest BCUT2D eigenvalue weighted by Crippen LogP contribution is 2.27. The quantitative estimate of drug-likeness (QED) is 0.808. The van der Waals surface area contributed by atoms with Crippen LogP contribution in [0, 0.1) is 5.82 Å². The molecule has 0 amide bonds. The molecule has 112 valence electrons. The molecule has 4 nitrogen and oxygen atoms in total. The molecule has 1 N–H and O–H groups in total. The lowest BCUT2D eigenvalue weighted by Crippen LogP contribution is -2.05. The minimum absolute atomic E-state index is 0.0547. The van der Waals surface area contributed by atoms with E-state index in [1.54, 1.807) is 19.1 Å². The molecular weight excluding hydrogens is 315 g/mol. The summed E-state index contributed by atoms with van der Waals surface area (Å²) in [6.45, 7) is 2.14. The first kappa shape index (κ1) is 15.7.